The number of fused-ring (bicyclic) bond motifs is 1. The summed E-state index contributed by atoms with van der Waals surface area (Å²) in [6, 6.07) is 7.80. The van der Waals surface area contributed by atoms with Crippen LogP contribution in [0.1, 0.15) is 6.92 Å². The minimum absolute atomic E-state index is 0.328. The molecule has 0 aliphatic carbocycles. The van der Waals surface area contributed by atoms with E-state index in [1.54, 1.807) is 12.1 Å². The lowest BCUT2D eigenvalue weighted by atomic mass is 10.1. The molecule has 0 fully saturated rings. The quantitative estimate of drug-likeness (QED) is 0.719. The van der Waals surface area contributed by atoms with E-state index < -0.39 is 0 Å². The molecule has 5 nitrogen and oxygen atoms in total. The number of nitrogens with zero attached hydrogens (tertiary/aromatic N) is 2. The second-order valence-corrected chi connectivity index (χ2v) is 4.27. The number of H-pyrrole nitrogens is 1. The Labute approximate surface area is 114 Å². The zero-order chi connectivity index (χ0) is 14.1. The smallest absolute Gasteiger partial charge is 0.215 e. The Balaban J connectivity index is 2.08. The van der Waals surface area contributed by atoms with Gasteiger partial charge in [0.15, 0.2) is 5.65 Å². The molecular formula is C14H13FN4O. The largest absolute Gasteiger partial charge is 0.478 e. The van der Waals surface area contributed by atoms with Crippen LogP contribution in [0.15, 0.2) is 30.3 Å². The van der Waals surface area contributed by atoms with Gasteiger partial charge in [0.05, 0.1) is 12.1 Å². The van der Waals surface area contributed by atoms with Crippen LogP contribution in [0.5, 0.6) is 5.88 Å². The maximum absolute atomic E-state index is 13.1. The van der Waals surface area contributed by atoms with E-state index in [2.05, 4.69) is 15.0 Å². The van der Waals surface area contributed by atoms with Crippen molar-refractivity contribution in [3.63, 3.8) is 0 Å². The van der Waals surface area contributed by atoms with Gasteiger partial charge in [-0.05, 0) is 31.2 Å². The molecule has 0 aliphatic rings. The molecule has 6 heteroatoms. The molecule has 0 unspecified atom stereocenters. The molecule has 0 atom stereocenters. The molecule has 20 heavy (non-hydrogen) atoms. The van der Waals surface area contributed by atoms with Crippen LogP contribution in [0, 0.1) is 5.82 Å². The number of ether oxygens (including phenoxy) is 1. The van der Waals surface area contributed by atoms with Gasteiger partial charge in [-0.15, -0.1) is 0 Å². The summed E-state index contributed by atoms with van der Waals surface area (Å²) < 4.78 is 18.4. The first kappa shape index (κ1) is 12.4. The van der Waals surface area contributed by atoms with Crippen molar-refractivity contribution >= 4 is 16.9 Å². The van der Waals surface area contributed by atoms with Gasteiger partial charge < -0.3 is 15.5 Å². The molecule has 2 heterocycles. The number of benzene rings is 1. The lowest BCUT2D eigenvalue weighted by Crippen LogP contribution is -1.93. The van der Waals surface area contributed by atoms with Gasteiger partial charge >= 0.3 is 0 Å². The summed E-state index contributed by atoms with van der Waals surface area (Å²) >= 11 is 0. The van der Waals surface area contributed by atoms with Crippen molar-refractivity contribution in [1.29, 1.82) is 0 Å². The summed E-state index contributed by atoms with van der Waals surface area (Å²) in [5.74, 6) is 0.697. The fraction of sp³-hybridized carbons (Fsp3) is 0.143. The van der Waals surface area contributed by atoms with E-state index in [1.165, 1.54) is 12.1 Å². The summed E-state index contributed by atoms with van der Waals surface area (Å²) in [6.07, 6.45) is 0. The Morgan fingerprint density at radius 1 is 1.25 bits per heavy atom. The number of hydrogen-bond acceptors (Lipinski definition) is 4. The van der Waals surface area contributed by atoms with Gasteiger partial charge in [0.2, 0.25) is 5.88 Å². The second-order valence-electron chi connectivity index (χ2n) is 4.27. The maximum Gasteiger partial charge on any atom is 0.215 e. The molecule has 0 aliphatic heterocycles. The van der Waals surface area contributed by atoms with Crippen molar-refractivity contribution in [2.45, 2.75) is 6.92 Å². The molecule has 0 saturated carbocycles. The van der Waals surface area contributed by atoms with Crippen molar-refractivity contribution in [1.82, 2.24) is 15.0 Å². The standard InChI is InChI=1S/C14H13FN4O/c1-2-20-12-6-5-11-14(18-12)19-13(17-11)9-4-3-8(15)7-10(9)16/h3-7H,2,16H2,1H3,(H,17,18,19). The summed E-state index contributed by atoms with van der Waals surface area (Å²) in [7, 11) is 0. The molecule has 0 radical (unpaired) electrons. The third kappa shape index (κ3) is 2.16. The molecule has 102 valence electrons. The molecule has 0 saturated heterocycles. The molecule has 3 rings (SSSR count). The van der Waals surface area contributed by atoms with E-state index in [1.807, 2.05) is 13.0 Å². The normalized spacial score (nSPS) is 10.9. The Morgan fingerprint density at radius 2 is 2.10 bits per heavy atom. The van der Waals surface area contributed by atoms with E-state index in [0.717, 1.165) is 5.52 Å². The number of pyridine rings is 1. The lowest BCUT2D eigenvalue weighted by molar-refractivity contribution is 0.328. The number of nitrogen functional groups attached to an aromatic ring is 1. The number of anilines is 1. The SMILES string of the molecule is CCOc1ccc2[nH]c(-c3ccc(F)cc3N)nc2n1. The van der Waals surface area contributed by atoms with Crippen molar-refractivity contribution in [3.05, 3.63) is 36.1 Å². The Kier molecular flexibility index (Phi) is 2.98. The fourth-order valence-electron chi connectivity index (χ4n) is 1.98. The average molecular weight is 272 g/mol. The van der Waals surface area contributed by atoms with Gasteiger partial charge in [-0.25, -0.2) is 9.37 Å². The number of halogens is 1. The first-order valence-electron chi connectivity index (χ1n) is 6.22. The first-order valence-corrected chi connectivity index (χ1v) is 6.22. The minimum Gasteiger partial charge on any atom is -0.478 e. The molecule has 1 aromatic carbocycles. The number of aromatic nitrogens is 3. The molecule has 0 spiro atoms. The van der Waals surface area contributed by atoms with E-state index in [9.17, 15) is 4.39 Å². The van der Waals surface area contributed by atoms with Crippen LogP contribution in [0.3, 0.4) is 0 Å². The van der Waals surface area contributed by atoms with Crippen LogP contribution in [0.25, 0.3) is 22.6 Å². The van der Waals surface area contributed by atoms with Crippen LogP contribution >= 0.6 is 0 Å². The third-order valence-corrected chi connectivity index (χ3v) is 2.88. The third-order valence-electron chi connectivity index (χ3n) is 2.88. The number of aromatic amines is 1. The molecule has 0 bridgehead atoms. The van der Waals surface area contributed by atoms with Gasteiger partial charge in [-0.2, -0.15) is 4.98 Å². The predicted molar refractivity (Wildman–Crippen MR) is 74.9 cm³/mol. The van der Waals surface area contributed by atoms with E-state index in [-0.39, 0.29) is 5.82 Å². The average Bonchev–Trinajstić information content (AvgIpc) is 2.81. The maximum atomic E-state index is 13.1. The van der Waals surface area contributed by atoms with Crippen LogP contribution in [-0.4, -0.2) is 21.6 Å². The number of hydrogen-bond donors (Lipinski definition) is 2. The Hall–Kier alpha value is -2.63. The molecule has 3 N–H and O–H groups in total. The summed E-state index contributed by atoms with van der Waals surface area (Å²) in [4.78, 5) is 11.8. The zero-order valence-corrected chi connectivity index (χ0v) is 10.9. The fourth-order valence-corrected chi connectivity index (χ4v) is 1.98. The van der Waals surface area contributed by atoms with Crippen molar-refractivity contribution in [2.75, 3.05) is 12.3 Å². The highest BCUT2D eigenvalue weighted by Crippen LogP contribution is 2.26. The molecule has 0 amide bonds. The second kappa shape index (κ2) is 4.80. The zero-order valence-electron chi connectivity index (χ0n) is 10.9. The monoisotopic (exact) mass is 272 g/mol. The van der Waals surface area contributed by atoms with Crippen LogP contribution in [0.4, 0.5) is 10.1 Å². The highest BCUT2D eigenvalue weighted by atomic mass is 19.1. The van der Waals surface area contributed by atoms with Crippen molar-refractivity contribution in [3.8, 4) is 17.3 Å². The van der Waals surface area contributed by atoms with Crippen LogP contribution in [-0.2, 0) is 0 Å². The van der Waals surface area contributed by atoms with Crippen molar-refractivity contribution < 1.29 is 9.13 Å². The summed E-state index contributed by atoms with van der Waals surface area (Å²) in [6.45, 7) is 2.43. The number of nitrogens with two attached hydrogens (primary N) is 1. The lowest BCUT2D eigenvalue weighted by Gasteiger charge is -2.01. The Bertz CT molecular complexity index is 769. The number of rotatable bonds is 3. The highest BCUT2D eigenvalue weighted by Gasteiger charge is 2.10. The van der Waals surface area contributed by atoms with Gasteiger partial charge in [-0.1, -0.05) is 0 Å². The van der Waals surface area contributed by atoms with E-state index in [4.69, 9.17) is 10.5 Å². The molecule has 2 aromatic heterocycles. The van der Waals surface area contributed by atoms with Gasteiger partial charge in [0.1, 0.15) is 11.6 Å². The molecule has 3 aromatic rings. The highest BCUT2D eigenvalue weighted by molar-refractivity contribution is 5.80. The van der Waals surface area contributed by atoms with Gasteiger partial charge in [0, 0.05) is 17.3 Å². The summed E-state index contributed by atoms with van der Waals surface area (Å²) in [5, 5.41) is 0. The van der Waals surface area contributed by atoms with Crippen LogP contribution < -0.4 is 10.5 Å². The van der Waals surface area contributed by atoms with E-state index >= 15 is 0 Å². The topological polar surface area (TPSA) is 76.8 Å². The summed E-state index contributed by atoms with van der Waals surface area (Å²) in [5.41, 5.74) is 8.08. The van der Waals surface area contributed by atoms with Gasteiger partial charge in [0.25, 0.3) is 0 Å². The predicted octanol–water partition coefficient (Wildman–Crippen LogP) is 2.74. The number of imidazole rings is 1. The van der Waals surface area contributed by atoms with Crippen LogP contribution in [0.2, 0.25) is 0 Å². The minimum atomic E-state index is -0.376. The molecular weight excluding hydrogens is 259 g/mol. The van der Waals surface area contributed by atoms with E-state index in [0.29, 0.717) is 35.2 Å². The Morgan fingerprint density at radius 3 is 2.85 bits per heavy atom. The number of nitrogens with one attached hydrogen (secondary N) is 1. The van der Waals surface area contributed by atoms with Gasteiger partial charge in [-0.3, -0.25) is 0 Å². The van der Waals surface area contributed by atoms with Crippen molar-refractivity contribution in [2.24, 2.45) is 0 Å². The first-order chi connectivity index (χ1) is 9.67.